The normalized spacial score (nSPS) is 13.4. The third kappa shape index (κ3) is 9.12. The van der Waals surface area contributed by atoms with Crippen molar-refractivity contribution in [1.82, 2.24) is 20.1 Å². The van der Waals surface area contributed by atoms with E-state index in [0.717, 1.165) is 17.6 Å². The first-order chi connectivity index (χ1) is 17.9. The van der Waals surface area contributed by atoms with Crippen molar-refractivity contribution in [3.8, 4) is 11.6 Å². The van der Waals surface area contributed by atoms with Gasteiger partial charge in [-0.2, -0.15) is 0 Å². The van der Waals surface area contributed by atoms with Crippen molar-refractivity contribution in [2.75, 3.05) is 46.9 Å². The van der Waals surface area contributed by atoms with E-state index >= 15 is 0 Å². The maximum absolute atomic E-state index is 12.6. The number of carbonyl (C=O) groups is 2. The molecular formula is C27H30BrClN4O4. The fourth-order valence-corrected chi connectivity index (χ4v) is 4.18. The molecule has 37 heavy (non-hydrogen) atoms. The topological polar surface area (TPSA) is 84.0 Å². The van der Waals surface area contributed by atoms with Crippen molar-refractivity contribution in [2.24, 2.45) is 0 Å². The Morgan fingerprint density at radius 3 is 2.46 bits per heavy atom. The van der Waals surface area contributed by atoms with Crippen LogP contribution < -0.4 is 10.1 Å². The molecule has 1 fully saturated rings. The molecule has 8 nitrogen and oxygen atoms in total. The molecular weight excluding hydrogens is 560 g/mol. The van der Waals surface area contributed by atoms with Gasteiger partial charge in [0.1, 0.15) is 11.3 Å². The van der Waals surface area contributed by atoms with Crippen LogP contribution >= 0.6 is 27.5 Å². The molecule has 0 radical (unpaired) electrons. The van der Waals surface area contributed by atoms with Crippen molar-refractivity contribution in [3.05, 3.63) is 87.5 Å². The van der Waals surface area contributed by atoms with Gasteiger partial charge >= 0.3 is 0 Å². The Bertz CT molecular complexity index is 1170. The summed E-state index contributed by atoms with van der Waals surface area (Å²) in [5.41, 5.74) is 1.45. The molecule has 0 saturated carbocycles. The van der Waals surface area contributed by atoms with Gasteiger partial charge in [-0.25, -0.2) is 4.98 Å². The van der Waals surface area contributed by atoms with E-state index in [0.29, 0.717) is 30.5 Å². The Hall–Kier alpha value is -2.98. The molecule has 0 atom stereocenters. The minimum atomic E-state index is -0.432. The lowest BCUT2D eigenvalue weighted by Crippen LogP contribution is -2.50. The van der Waals surface area contributed by atoms with Gasteiger partial charge in [0.05, 0.1) is 18.2 Å². The van der Waals surface area contributed by atoms with Crippen LogP contribution in [0.4, 0.5) is 0 Å². The van der Waals surface area contributed by atoms with Crippen molar-refractivity contribution in [3.63, 3.8) is 0 Å². The second-order valence-electron chi connectivity index (χ2n) is 8.32. The van der Waals surface area contributed by atoms with Gasteiger partial charge in [-0.15, -0.1) is 0 Å². The third-order valence-electron chi connectivity index (χ3n) is 5.53. The number of methoxy groups -OCH3 is 1. The van der Waals surface area contributed by atoms with Crippen LogP contribution in [0.25, 0.3) is 0 Å². The number of benzene rings is 2. The summed E-state index contributed by atoms with van der Waals surface area (Å²) in [5, 5.41) is 3.04. The van der Waals surface area contributed by atoms with Crippen molar-refractivity contribution < 1.29 is 19.1 Å². The second-order valence-corrected chi connectivity index (χ2v) is 9.64. The molecule has 3 aromatic rings. The van der Waals surface area contributed by atoms with Crippen molar-refractivity contribution in [2.45, 2.75) is 6.61 Å². The summed E-state index contributed by atoms with van der Waals surface area (Å²) in [5.74, 6) is -0.0371. The van der Waals surface area contributed by atoms with Gasteiger partial charge in [-0.1, -0.05) is 57.9 Å². The first kappa shape index (κ1) is 28.6. The van der Waals surface area contributed by atoms with Crippen molar-refractivity contribution in [1.29, 1.82) is 0 Å². The number of ether oxygens (including phenoxy) is 2. The highest BCUT2D eigenvalue weighted by molar-refractivity contribution is 9.10. The van der Waals surface area contributed by atoms with E-state index in [1.807, 2.05) is 37.4 Å². The largest absolute Gasteiger partial charge is 0.437 e. The first-order valence-corrected chi connectivity index (χ1v) is 12.9. The van der Waals surface area contributed by atoms with E-state index < -0.39 is 5.91 Å². The van der Waals surface area contributed by atoms with E-state index in [2.05, 4.69) is 31.1 Å². The number of pyridine rings is 1. The van der Waals surface area contributed by atoms with E-state index in [9.17, 15) is 9.59 Å². The number of amides is 2. The van der Waals surface area contributed by atoms with Gasteiger partial charge in [0.25, 0.3) is 5.91 Å². The van der Waals surface area contributed by atoms with Crippen LogP contribution in [-0.2, 0) is 16.1 Å². The molecule has 1 aliphatic heterocycles. The third-order valence-corrected chi connectivity index (χ3v) is 6.31. The second kappa shape index (κ2) is 14.7. The Balaban J connectivity index is 0.000000356. The smallest absolute Gasteiger partial charge is 0.257 e. The summed E-state index contributed by atoms with van der Waals surface area (Å²) in [7, 11) is 3.72. The Labute approximate surface area is 230 Å². The minimum absolute atomic E-state index is 0.0735. The SMILES string of the molecule is CN1CCN(C(=O)CNC(=O)c2cccnc2Oc2ccc(Br)cc2Cl)CC1.COCc1ccccc1. The predicted octanol–water partition coefficient (Wildman–Crippen LogP) is 4.63. The van der Waals surface area contributed by atoms with E-state index in [1.165, 1.54) is 11.8 Å². The van der Waals surface area contributed by atoms with E-state index in [4.69, 9.17) is 21.1 Å². The highest BCUT2D eigenvalue weighted by atomic mass is 79.9. The molecule has 1 aliphatic rings. The average molecular weight is 590 g/mol. The molecule has 0 spiro atoms. The van der Waals surface area contributed by atoms with E-state index in [1.54, 1.807) is 42.3 Å². The number of halogens is 2. The zero-order valence-electron chi connectivity index (χ0n) is 20.8. The highest BCUT2D eigenvalue weighted by Gasteiger charge is 2.21. The monoisotopic (exact) mass is 588 g/mol. The average Bonchev–Trinajstić information content (AvgIpc) is 2.90. The van der Waals surface area contributed by atoms with Gasteiger partial charge in [-0.3, -0.25) is 9.59 Å². The first-order valence-electron chi connectivity index (χ1n) is 11.7. The van der Waals surface area contributed by atoms with Gasteiger partial charge in [0, 0.05) is 44.0 Å². The Morgan fingerprint density at radius 1 is 1.05 bits per heavy atom. The van der Waals surface area contributed by atoms with Gasteiger partial charge in [0.2, 0.25) is 11.8 Å². The summed E-state index contributed by atoms with van der Waals surface area (Å²) in [6, 6.07) is 18.5. The Kier molecular flexibility index (Phi) is 11.3. The molecule has 0 unspecified atom stereocenters. The number of hydrogen-bond acceptors (Lipinski definition) is 6. The number of aromatic nitrogens is 1. The molecule has 0 aliphatic carbocycles. The Morgan fingerprint density at radius 2 is 1.78 bits per heavy atom. The van der Waals surface area contributed by atoms with Gasteiger partial charge < -0.3 is 24.6 Å². The summed E-state index contributed by atoms with van der Waals surface area (Å²) >= 11 is 9.50. The minimum Gasteiger partial charge on any atom is -0.437 e. The number of likely N-dealkylation sites (N-methyl/N-ethyl adjacent to an activating group) is 1. The summed E-state index contributed by atoms with van der Waals surface area (Å²) in [6.45, 7) is 3.61. The maximum atomic E-state index is 12.6. The molecule has 2 amide bonds. The summed E-state index contributed by atoms with van der Waals surface area (Å²) in [4.78, 5) is 32.9. The molecule has 196 valence electrons. The number of nitrogens with one attached hydrogen (secondary N) is 1. The lowest BCUT2D eigenvalue weighted by Gasteiger charge is -2.32. The van der Waals surface area contributed by atoms with Gasteiger partial charge in [0.15, 0.2) is 0 Å². The maximum Gasteiger partial charge on any atom is 0.257 e. The molecule has 2 heterocycles. The van der Waals surface area contributed by atoms with Gasteiger partial charge in [-0.05, 0) is 42.9 Å². The number of nitrogens with zero attached hydrogens (tertiary/aromatic N) is 3. The molecule has 1 N–H and O–H groups in total. The number of carbonyl (C=O) groups excluding carboxylic acids is 2. The molecule has 1 saturated heterocycles. The van der Waals surface area contributed by atoms with Crippen molar-refractivity contribution >= 4 is 39.3 Å². The fourth-order valence-electron chi connectivity index (χ4n) is 3.47. The molecule has 0 bridgehead atoms. The lowest BCUT2D eigenvalue weighted by atomic mass is 10.2. The van der Waals surface area contributed by atoms with Crippen LogP contribution in [-0.4, -0.2) is 73.5 Å². The number of piperazine rings is 1. The molecule has 4 rings (SSSR count). The lowest BCUT2D eigenvalue weighted by molar-refractivity contribution is -0.131. The fraction of sp³-hybridized carbons (Fsp3) is 0.296. The highest BCUT2D eigenvalue weighted by Crippen LogP contribution is 2.32. The van der Waals surface area contributed by atoms with Crippen LogP contribution in [0.3, 0.4) is 0 Å². The zero-order chi connectivity index (χ0) is 26.6. The van der Waals surface area contributed by atoms with Crippen LogP contribution in [0.1, 0.15) is 15.9 Å². The summed E-state index contributed by atoms with van der Waals surface area (Å²) < 4.78 is 11.5. The van der Waals surface area contributed by atoms with Crippen LogP contribution in [0.5, 0.6) is 11.6 Å². The standard InChI is InChI=1S/C19H20BrClN4O3.C8H10O/c1-24-7-9-25(10-8-24)17(26)12-23-18(27)14-3-2-6-22-19(14)28-16-5-4-13(20)11-15(16)21;1-9-7-8-5-3-2-4-6-8/h2-6,11H,7-10,12H2,1H3,(H,23,27);2-6H,7H2,1H3. The van der Waals surface area contributed by atoms with Crippen LogP contribution in [0.2, 0.25) is 5.02 Å². The molecule has 10 heteroatoms. The zero-order valence-corrected chi connectivity index (χ0v) is 23.2. The number of rotatable bonds is 7. The van der Waals surface area contributed by atoms with E-state index in [-0.39, 0.29) is 23.9 Å². The molecule has 1 aromatic heterocycles. The number of hydrogen-bond donors (Lipinski definition) is 1. The van der Waals surface area contributed by atoms with Crippen LogP contribution in [0, 0.1) is 0 Å². The molecule has 2 aromatic carbocycles. The quantitative estimate of drug-likeness (QED) is 0.433. The van der Waals surface area contributed by atoms with Crippen LogP contribution in [0.15, 0.2) is 71.3 Å². The summed E-state index contributed by atoms with van der Waals surface area (Å²) in [6.07, 6.45) is 1.52. The predicted molar refractivity (Wildman–Crippen MR) is 147 cm³/mol.